The molecule has 0 fully saturated rings. The summed E-state index contributed by atoms with van der Waals surface area (Å²) in [4.78, 5) is 29.2. The van der Waals surface area contributed by atoms with E-state index in [1.165, 1.54) is 6.20 Å². The molecule has 0 radical (unpaired) electrons. The van der Waals surface area contributed by atoms with Crippen molar-refractivity contribution in [1.82, 2.24) is 9.97 Å². The van der Waals surface area contributed by atoms with Gasteiger partial charge in [0.05, 0.1) is 11.1 Å². The van der Waals surface area contributed by atoms with Gasteiger partial charge in [0, 0.05) is 12.4 Å². The smallest absolute Gasteiger partial charge is 0.320 e. The lowest BCUT2D eigenvalue weighted by Crippen LogP contribution is -2.29. The lowest BCUT2D eigenvalue weighted by molar-refractivity contribution is -0.138. The molecule has 7 N–H and O–H groups in total. The molecular weight excluding hydrogens is 298 g/mol. The molecule has 0 aliphatic carbocycles. The van der Waals surface area contributed by atoms with Crippen molar-refractivity contribution in [3.05, 3.63) is 36.2 Å². The second kappa shape index (κ2) is 9.44. The van der Waals surface area contributed by atoms with Gasteiger partial charge >= 0.3 is 5.97 Å². The van der Waals surface area contributed by atoms with Crippen molar-refractivity contribution in [1.29, 1.82) is 0 Å². The highest BCUT2D eigenvalue weighted by molar-refractivity contribution is 6.03. The predicted octanol–water partition coefficient (Wildman–Crippen LogP) is 0.256. The van der Waals surface area contributed by atoms with Gasteiger partial charge in [-0.25, -0.2) is 0 Å². The second-order valence-corrected chi connectivity index (χ2v) is 4.82. The Labute approximate surface area is 133 Å². The van der Waals surface area contributed by atoms with E-state index in [-0.39, 0.29) is 0 Å². The van der Waals surface area contributed by atoms with Crippen LogP contribution in [0.3, 0.4) is 0 Å². The number of unbranched alkanes of at least 4 members (excludes halogenated alkanes) is 1. The molecule has 1 amide bonds. The number of hydrogen-bond acceptors (Lipinski definition) is 6. The number of carbonyl (C=O) groups is 2. The third-order valence-electron chi connectivity index (χ3n) is 3.05. The quantitative estimate of drug-likeness (QED) is 0.555. The highest BCUT2D eigenvalue weighted by atomic mass is 16.4. The van der Waals surface area contributed by atoms with Crippen molar-refractivity contribution in [3.63, 3.8) is 0 Å². The molecule has 2 rings (SSSR count). The molecular formula is C15H21N5O3. The molecule has 1 aromatic carbocycles. The largest absolute Gasteiger partial charge is 0.480 e. The van der Waals surface area contributed by atoms with E-state index in [0.29, 0.717) is 29.6 Å². The first kappa shape index (κ1) is 18.5. The van der Waals surface area contributed by atoms with Crippen molar-refractivity contribution in [3.8, 4) is 0 Å². The van der Waals surface area contributed by atoms with Gasteiger partial charge in [-0.05, 0) is 31.5 Å². The van der Waals surface area contributed by atoms with E-state index in [4.69, 9.17) is 22.3 Å². The monoisotopic (exact) mass is 319 g/mol. The zero-order valence-corrected chi connectivity index (χ0v) is 12.7. The lowest BCUT2D eigenvalue weighted by atomic mass is 10.1. The van der Waals surface area contributed by atoms with Crippen LogP contribution in [-0.2, 0) is 4.79 Å². The number of nitrogens with two attached hydrogens (primary N) is 3. The lowest BCUT2D eigenvalue weighted by Gasteiger charge is -2.03. The number of rotatable bonds is 6. The number of carbonyl (C=O) groups excluding carboxylic acids is 1. The number of carboxylic acid groups (broad SMARTS) is 1. The van der Waals surface area contributed by atoms with Gasteiger partial charge in [-0.2, -0.15) is 0 Å². The molecule has 124 valence electrons. The minimum Gasteiger partial charge on any atom is -0.480 e. The van der Waals surface area contributed by atoms with Crippen LogP contribution in [0.1, 0.15) is 29.6 Å². The molecule has 0 spiro atoms. The summed E-state index contributed by atoms with van der Waals surface area (Å²) in [6.45, 7) is 0.604. The van der Waals surface area contributed by atoms with Gasteiger partial charge in [-0.15, -0.1) is 0 Å². The number of nitrogens with zero attached hydrogens (tertiary/aromatic N) is 2. The fraction of sp³-hybridized carbons (Fsp3) is 0.333. The molecule has 1 atom stereocenters. The summed E-state index contributed by atoms with van der Waals surface area (Å²) in [5, 5.41) is 8.33. The Bertz CT molecular complexity index is 657. The normalized spacial score (nSPS) is 11.4. The van der Waals surface area contributed by atoms with Crippen LogP contribution in [-0.4, -0.2) is 39.5 Å². The number of para-hydroxylation sites is 1. The minimum atomic E-state index is -0.933. The first-order valence-electron chi connectivity index (χ1n) is 7.15. The zero-order chi connectivity index (χ0) is 17.2. The molecule has 23 heavy (non-hydrogen) atoms. The van der Waals surface area contributed by atoms with Crippen molar-refractivity contribution in [2.45, 2.75) is 25.3 Å². The first-order valence-corrected chi connectivity index (χ1v) is 7.15. The van der Waals surface area contributed by atoms with E-state index in [9.17, 15) is 9.59 Å². The Morgan fingerprint density at radius 1 is 1.17 bits per heavy atom. The fourth-order valence-electron chi connectivity index (χ4n) is 1.82. The maximum Gasteiger partial charge on any atom is 0.320 e. The maximum atomic E-state index is 11.0. The van der Waals surface area contributed by atoms with Gasteiger partial charge in [-0.3, -0.25) is 19.6 Å². The molecule has 2 aromatic rings. The van der Waals surface area contributed by atoms with Crippen molar-refractivity contribution in [2.75, 3.05) is 6.54 Å². The summed E-state index contributed by atoms with van der Waals surface area (Å²) in [7, 11) is 0. The van der Waals surface area contributed by atoms with Gasteiger partial charge in [-0.1, -0.05) is 12.5 Å². The van der Waals surface area contributed by atoms with Crippen LogP contribution in [0.2, 0.25) is 0 Å². The number of amides is 1. The molecule has 0 saturated heterocycles. The van der Waals surface area contributed by atoms with Crippen LogP contribution >= 0.6 is 0 Å². The van der Waals surface area contributed by atoms with Gasteiger partial charge in [0.2, 0.25) is 0 Å². The van der Waals surface area contributed by atoms with Crippen molar-refractivity contribution in [2.24, 2.45) is 17.2 Å². The molecule has 0 bridgehead atoms. The van der Waals surface area contributed by atoms with Crippen molar-refractivity contribution >= 4 is 22.9 Å². The third-order valence-corrected chi connectivity index (χ3v) is 3.05. The molecule has 8 nitrogen and oxygen atoms in total. The van der Waals surface area contributed by atoms with E-state index in [2.05, 4.69) is 9.97 Å². The number of fused-ring (bicyclic) bond motifs is 1. The number of aromatic nitrogens is 2. The molecule has 0 aliphatic rings. The van der Waals surface area contributed by atoms with Crippen LogP contribution in [0.25, 0.3) is 11.0 Å². The van der Waals surface area contributed by atoms with Crippen LogP contribution in [0.5, 0.6) is 0 Å². The summed E-state index contributed by atoms with van der Waals surface area (Å²) in [6.07, 6.45) is 5.28. The Balaban J connectivity index is 0.000000241. The van der Waals surface area contributed by atoms with Crippen LogP contribution in [0, 0.1) is 0 Å². The van der Waals surface area contributed by atoms with Gasteiger partial charge in [0.25, 0.3) is 5.91 Å². The fourth-order valence-corrected chi connectivity index (χ4v) is 1.82. The first-order chi connectivity index (χ1) is 11.0. The summed E-state index contributed by atoms with van der Waals surface area (Å²) in [6, 6.07) is 4.44. The Morgan fingerprint density at radius 2 is 1.87 bits per heavy atom. The number of hydrogen-bond donors (Lipinski definition) is 4. The Hall–Kier alpha value is -2.58. The summed E-state index contributed by atoms with van der Waals surface area (Å²) < 4.78 is 0. The average Bonchev–Trinajstić information content (AvgIpc) is 2.54. The van der Waals surface area contributed by atoms with Gasteiger partial charge in [0.1, 0.15) is 11.6 Å². The van der Waals surface area contributed by atoms with Crippen LogP contribution in [0.15, 0.2) is 30.6 Å². The SMILES string of the molecule is NC(=O)c1cccc2nccnc12.NCCCC[C@H](N)C(=O)O. The van der Waals surface area contributed by atoms with E-state index in [1.54, 1.807) is 24.4 Å². The molecule has 8 heteroatoms. The Kier molecular flexibility index (Phi) is 7.58. The van der Waals surface area contributed by atoms with Crippen molar-refractivity contribution < 1.29 is 14.7 Å². The molecule has 0 unspecified atom stereocenters. The average molecular weight is 319 g/mol. The minimum absolute atomic E-state index is 0.408. The number of benzene rings is 1. The van der Waals surface area contributed by atoms with Gasteiger partial charge < -0.3 is 22.3 Å². The van der Waals surface area contributed by atoms with E-state index >= 15 is 0 Å². The van der Waals surface area contributed by atoms with Crippen LogP contribution in [0.4, 0.5) is 0 Å². The topological polar surface area (TPSA) is 158 Å². The van der Waals surface area contributed by atoms with E-state index in [0.717, 1.165) is 12.8 Å². The maximum absolute atomic E-state index is 11.0. The molecule has 1 heterocycles. The number of aliphatic carboxylic acids is 1. The van der Waals surface area contributed by atoms with E-state index < -0.39 is 17.9 Å². The highest BCUT2D eigenvalue weighted by Gasteiger charge is 2.09. The van der Waals surface area contributed by atoms with E-state index in [1.807, 2.05) is 0 Å². The molecule has 0 saturated carbocycles. The number of primary amides is 1. The summed E-state index contributed by atoms with van der Waals surface area (Å²) in [5.74, 6) is -1.41. The molecule has 0 aliphatic heterocycles. The predicted molar refractivity (Wildman–Crippen MR) is 86.6 cm³/mol. The number of carboxylic acids is 1. The molecule has 1 aromatic heterocycles. The summed E-state index contributed by atoms with van der Waals surface area (Å²) in [5.41, 5.74) is 17.2. The van der Waals surface area contributed by atoms with Crippen LogP contribution < -0.4 is 17.2 Å². The van der Waals surface area contributed by atoms with Gasteiger partial charge in [0.15, 0.2) is 0 Å². The second-order valence-electron chi connectivity index (χ2n) is 4.82. The standard InChI is InChI=1S/C9H7N3O.C6H14N2O2/c10-9(13)6-2-1-3-7-8(6)12-5-4-11-7;7-4-2-1-3-5(8)6(9)10/h1-5H,(H2,10,13);5H,1-4,7-8H2,(H,9,10)/t;5-/m.0/s1. The zero-order valence-electron chi connectivity index (χ0n) is 12.7. The summed E-state index contributed by atoms with van der Waals surface area (Å²) >= 11 is 0. The Morgan fingerprint density at radius 3 is 2.48 bits per heavy atom. The third kappa shape index (κ3) is 5.97. The highest BCUT2D eigenvalue weighted by Crippen LogP contribution is 2.12.